The Labute approximate surface area is 168 Å². The summed E-state index contributed by atoms with van der Waals surface area (Å²) in [6.45, 7) is 4.36. The molecule has 0 amide bonds. The molecule has 8 heteroatoms. The molecule has 29 heavy (non-hydrogen) atoms. The number of para-hydroxylation sites is 1. The average Bonchev–Trinajstić information content (AvgIpc) is 2.73. The number of anilines is 1. The summed E-state index contributed by atoms with van der Waals surface area (Å²) in [7, 11) is 3.17. The number of hydrogen-bond donors (Lipinski definition) is 1. The molecule has 3 rings (SSSR count). The molecule has 0 bridgehead atoms. The van der Waals surface area contributed by atoms with Gasteiger partial charge in [0.1, 0.15) is 13.2 Å². The van der Waals surface area contributed by atoms with Gasteiger partial charge in [0.25, 0.3) is 0 Å². The minimum atomic E-state index is -4.32. The molecule has 5 nitrogen and oxygen atoms in total. The van der Waals surface area contributed by atoms with Gasteiger partial charge < -0.3 is 24.0 Å². The third-order valence-electron chi connectivity index (χ3n) is 5.09. The Hall–Kier alpha value is -2.61. The summed E-state index contributed by atoms with van der Waals surface area (Å²) in [5.74, 6) is 1.82. The first-order valence-electron chi connectivity index (χ1n) is 9.52. The Balaban J connectivity index is 1.51. The van der Waals surface area contributed by atoms with Crippen LogP contribution < -0.4 is 24.0 Å². The summed E-state index contributed by atoms with van der Waals surface area (Å²) < 4.78 is 55.4. The number of rotatable bonds is 7. The van der Waals surface area contributed by atoms with E-state index in [0.29, 0.717) is 42.6 Å². The number of ether oxygens (including phenoxy) is 3. The van der Waals surface area contributed by atoms with Gasteiger partial charge in [0.2, 0.25) is 5.75 Å². The first kappa shape index (κ1) is 21.1. The molecular weight excluding hydrogens is 385 g/mol. The van der Waals surface area contributed by atoms with Crippen molar-refractivity contribution in [1.82, 2.24) is 0 Å². The van der Waals surface area contributed by atoms with Crippen molar-refractivity contribution in [3.8, 4) is 17.2 Å². The first-order valence-corrected chi connectivity index (χ1v) is 9.52. The van der Waals surface area contributed by atoms with Crippen molar-refractivity contribution < 1.29 is 32.3 Å². The Kier molecular flexibility index (Phi) is 6.74. The summed E-state index contributed by atoms with van der Waals surface area (Å²) in [5, 5.41) is 0. The quantitative estimate of drug-likeness (QED) is 0.760. The van der Waals surface area contributed by atoms with Crippen molar-refractivity contribution in [2.45, 2.75) is 6.18 Å². The van der Waals surface area contributed by atoms with Crippen LogP contribution in [0.1, 0.15) is 5.56 Å². The van der Waals surface area contributed by atoms with Crippen molar-refractivity contribution in [1.29, 1.82) is 0 Å². The van der Waals surface area contributed by atoms with Crippen molar-refractivity contribution in [2.75, 3.05) is 58.5 Å². The summed E-state index contributed by atoms with van der Waals surface area (Å²) in [5.41, 5.74) is 0.0119. The smallest absolute Gasteiger partial charge is 0.416 e. The maximum Gasteiger partial charge on any atom is 0.416 e. The number of alkyl halides is 3. The number of methoxy groups -OCH3 is 2. The van der Waals surface area contributed by atoms with E-state index in [4.69, 9.17) is 14.2 Å². The number of nitrogens with one attached hydrogen (secondary N) is 1. The van der Waals surface area contributed by atoms with Crippen LogP contribution in [0.3, 0.4) is 0 Å². The molecule has 1 saturated heterocycles. The standard InChI is InChI=1S/C21H25F3N2O3/c1-27-18-7-4-8-19(28-2)20(18)29-14-13-25-9-11-26(12-10-25)17-6-3-5-16(15-17)21(22,23)24/h3-8,15H,9-14H2,1-2H3/p+1. The van der Waals surface area contributed by atoms with Gasteiger partial charge in [-0.1, -0.05) is 12.1 Å². The van der Waals surface area contributed by atoms with Crippen LogP contribution in [-0.4, -0.2) is 53.6 Å². The van der Waals surface area contributed by atoms with Crippen LogP contribution in [-0.2, 0) is 6.18 Å². The van der Waals surface area contributed by atoms with E-state index < -0.39 is 11.7 Å². The second-order valence-corrected chi connectivity index (χ2v) is 6.88. The van der Waals surface area contributed by atoms with E-state index in [9.17, 15) is 13.2 Å². The molecule has 1 aliphatic rings. The van der Waals surface area contributed by atoms with Gasteiger partial charge in [0.15, 0.2) is 11.5 Å². The van der Waals surface area contributed by atoms with E-state index in [2.05, 4.69) is 0 Å². The molecule has 0 unspecified atom stereocenters. The lowest BCUT2D eigenvalue weighted by Gasteiger charge is -2.34. The molecule has 2 aromatic carbocycles. The van der Waals surface area contributed by atoms with Gasteiger partial charge in [0.05, 0.1) is 46.0 Å². The molecule has 2 aromatic rings. The molecule has 0 spiro atoms. The Morgan fingerprint density at radius 1 is 0.966 bits per heavy atom. The first-order chi connectivity index (χ1) is 13.9. The van der Waals surface area contributed by atoms with E-state index in [1.807, 2.05) is 23.1 Å². The van der Waals surface area contributed by atoms with Crippen molar-refractivity contribution in [3.05, 3.63) is 48.0 Å². The third-order valence-corrected chi connectivity index (χ3v) is 5.09. The lowest BCUT2D eigenvalue weighted by atomic mass is 10.1. The van der Waals surface area contributed by atoms with Crippen LogP contribution in [0.5, 0.6) is 17.2 Å². The zero-order valence-corrected chi connectivity index (χ0v) is 16.6. The molecule has 1 aliphatic heterocycles. The summed E-state index contributed by atoms with van der Waals surface area (Å²) in [6.07, 6.45) is -4.32. The molecular formula is C21H26F3N2O3+. The lowest BCUT2D eigenvalue weighted by Crippen LogP contribution is -3.15. The fourth-order valence-corrected chi connectivity index (χ4v) is 3.47. The summed E-state index contributed by atoms with van der Waals surface area (Å²) in [6, 6.07) is 11.0. The van der Waals surface area contributed by atoms with Crippen LogP contribution in [0.2, 0.25) is 0 Å². The number of quaternary nitrogens is 1. The van der Waals surface area contributed by atoms with Crippen LogP contribution >= 0.6 is 0 Å². The molecule has 0 atom stereocenters. The minimum absolute atomic E-state index is 0.496. The number of benzene rings is 2. The zero-order chi connectivity index (χ0) is 20.9. The van der Waals surface area contributed by atoms with Gasteiger partial charge in [-0.2, -0.15) is 13.2 Å². The molecule has 1 heterocycles. The van der Waals surface area contributed by atoms with Gasteiger partial charge in [-0.25, -0.2) is 0 Å². The van der Waals surface area contributed by atoms with Gasteiger partial charge in [-0.15, -0.1) is 0 Å². The fraction of sp³-hybridized carbons (Fsp3) is 0.429. The molecule has 0 aromatic heterocycles. The molecule has 0 aliphatic carbocycles. The summed E-state index contributed by atoms with van der Waals surface area (Å²) >= 11 is 0. The SMILES string of the molecule is COc1cccc(OC)c1OCC[NH+]1CCN(c2cccc(C(F)(F)F)c2)CC1. The van der Waals surface area contributed by atoms with E-state index in [1.54, 1.807) is 20.3 Å². The van der Waals surface area contributed by atoms with E-state index in [0.717, 1.165) is 25.7 Å². The van der Waals surface area contributed by atoms with Gasteiger partial charge in [0, 0.05) is 5.69 Å². The molecule has 0 radical (unpaired) electrons. The minimum Gasteiger partial charge on any atom is -0.493 e. The maximum atomic E-state index is 12.9. The van der Waals surface area contributed by atoms with Crippen LogP contribution in [0.25, 0.3) is 0 Å². The second kappa shape index (κ2) is 9.26. The monoisotopic (exact) mass is 411 g/mol. The highest BCUT2D eigenvalue weighted by Crippen LogP contribution is 2.36. The third kappa shape index (κ3) is 5.26. The van der Waals surface area contributed by atoms with Crippen LogP contribution in [0.4, 0.5) is 18.9 Å². The number of piperazine rings is 1. The Morgan fingerprint density at radius 2 is 1.59 bits per heavy atom. The van der Waals surface area contributed by atoms with E-state index >= 15 is 0 Å². The van der Waals surface area contributed by atoms with E-state index in [1.165, 1.54) is 17.0 Å². The average molecular weight is 411 g/mol. The van der Waals surface area contributed by atoms with Gasteiger partial charge in [-0.05, 0) is 30.3 Å². The van der Waals surface area contributed by atoms with Crippen LogP contribution in [0, 0.1) is 0 Å². The highest BCUT2D eigenvalue weighted by molar-refractivity contribution is 5.51. The number of hydrogen-bond acceptors (Lipinski definition) is 4. The largest absolute Gasteiger partial charge is 0.493 e. The van der Waals surface area contributed by atoms with Gasteiger partial charge >= 0.3 is 6.18 Å². The van der Waals surface area contributed by atoms with Crippen LogP contribution in [0.15, 0.2) is 42.5 Å². The van der Waals surface area contributed by atoms with Crippen molar-refractivity contribution >= 4 is 5.69 Å². The number of halogens is 3. The molecule has 1 N–H and O–H groups in total. The Bertz CT molecular complexity index is 784. The molecule has 158 valence electrons. The zero-order valence-electron chi connectivity index (χ0n) is 16.6. The number of nitrogens with zero attached hydrogens (tertiary/aromatic N) is 1. The van der Waals surface area contributed by atoms with Crippen molar-refractivity contribution in [3.63, 3.8) is 0 Å². The predicted octanol–water partition coefficient (Wildman–Crippen LogP) is 2.51. The lowest BCUT2D eigenvalue weighted by molar-refractivity contribution is -0.900. The molecule has 0 saturated carbocycles. The topological polar surface area (TPSA) is 35.4 Å². The Morgan fingerprint density at radius 3 is 2.17 bits per heavy atom. The van der Waals surface area contributed by atoms with Gasteiger partial charge in [-0.3, -0.25) is 0 Å². The highest BCUT2D eigenvalue weighted by Gasteiger charge is 2.31. The second-order valence-electron chi connectivity index (χ2n) is 6.88. The van der Waals surface area contributed by atoms with E-state index in [-0.39, 0.29) is 0 Å². The molecule has 1 fully saturated rings. The predicted molar refractivity (Wildman–Crippen MR) is 104 cm³/mol. The fourth-order valence-electron chi connectivity index (χ4n) is 3.47. The summed E-state index contributed by atoms with van der Waals surface area (Å²) in [4.78, 5) is 3.35. The maximum absolute atomic E-state index is 12.9. The highest BCUT2D eigenvalue weighted by atomic mass is 19.4. The normalized spacial score (nSPS) is 15.3. The van der Waals surface area contributed by atoms with Crippen molar-refractivity contribution in [2.24, 2.45) is 0 Å².